The molecule has 0 unspecified atom stereocenters. The van der Waals surface area contributed by atoms with Crippen LogP contribution < -0.4 is 5.32 Å². The lowest BCUT2D eigenvalue weighted by molar-refractivity contribution is 0.0932. The van der Waals surface area contributed by atoms with Gasteiger partial charge in [0.15, 0.2) is 0 Å². The third-order valence-electron chi connectivity index (χ3n) is 3.55. The highest BCUT2D eigenvalue weighted by molar-refractivity contribution is 6.33. The van der Waals surface area contributed by atoms with Crippen molar-refractivity contribution in [3.63, 3.8) is 0 Å². The highest BCUT2D eigenvalue weighted by Gasteiger charge is 2.19. The first kappa shape index (κ1) is 16.2. The molecule has 122 valence electrons. The van der Waals surface area contributed by atoms with Gasteiger partial charge in [0.2, 0.25) is 11.7 Å². The van der Waals surface area contributed by atoms with Gasteiger partial charge in [0.05, 0.1) is 5.02 Å². The third kappa shape index (κ3) is 3.46. The maximum atomic E-state index is 12.3. The number of halogens is 1. The van der Waals surface area contributed by atoms with Gasteiger partial charge in [-0.05, 0) is 38.1 Å². The van der Waals surface area contributed by atoms with Gasteiger partial charge in [-0.2, -0.15) is 4.98 Å². The Bertz CT molecular complexity index is 876. The summed E-state index contributed by atoms with van der Waals surface area (Å²) < 4.78 is 5.26. The average molecular weight is 342 g/mol. The molecular formula is C18H16ClN3O2. The predicted octanol–water partition coefficient (Wildman–Crippen LogP) is 4.19. The summed E-state index contributed by atoms with van der Waals surface area (Å²) in [4.78, 5) is 16.6. The van der Waals surface area contributed by atoms with Crippen molar-refractivity contribution in [2.45, 2.75) is 19.9 Å². The topological polar surface area (TPSA) is 68.0 Å². The van der Waals surface area contributed by atoms with Crippen LogP contribution in [0.1, 0.15) is 34.8 Å². The standard InChI is InChI=1S/C18H16ClN3O2/c1-11-6-5-7-13(10-11)17(23)20-12(2)18-21-16(22-24-18)14-8-3-4-9-15(14)19/h3-10,12H,1-2H3,(H,20,23)/t12-/m0/s1. The Morgan fingerprint density at radius 3 is 2.75 bits per heavy atom. The van der Waals surface area contributed by atoms with Gasteiger partial charge < -0.3 is 9.84 Å². The summed E-state index contributed by atoms with van der Waals surface area (Å²) in [6, 6.07) is 14.2. The molecule has 0 spiro atoms. The Labute approximate surface area is 144 Å². The van der Waals surface area contributed by atoms with Gasteiger partial charge in [0.1, 0.15) is 6.04 Å². The van der Waals surface area contributed by atoms with E-state index in [1.807, 2.05) is 43.3 Å². The summed E-state index contributed by atoms with van der Waals surface area (Å²) in [7, 11) is 0. The Morgan fingerprint density at radius 2 is 2.00 bits per heavy atom. The molecule has 6 heteroatoms. The number of benzene rings is 2. The molecule has 1 aromatic heterocycles. The summed E-state index contributed by atoms with van der Waals surface area (Å²) >= 11 is 6.14. The lowest BCUT2D eigenvalue weighted by Gasteiger charge is -2.10. The van der Waals surface area contributed by atoms with Crippen LogP contribution in [0.25, 0.3) is 11.4 Å². The zero-order valence-corrected chi connectivity index (χ0v) is 14.0. The van der Waals surface area contributed by atoms with Crippen LogP contribution in [0, 0.1) is 6.92 Å². The molecule has 0 aliphatic heterocycles. The fraction of sp³-hybridized carbons (Fsp3) is 0.167. The first-order chi connectivity index (χ1) is 11.5. The average Bonchev–Trinajstić information content (AvgIpc) is 3.05. The summed E-state index contributed by atoms with van der Waals surface area (Å²) in [5.74, 6) is 0.530. The molecule has 0 aliphatic rings. The number of nitrogens with one attached hydrogen (secondary N) is 1. The quantitative estimate of drug-likeness (QED) is 0.772. The molecule has 24 heavy (non-hydrogen) atoms. The fourth-order valence-electron chi connectivity index (χ4n) is 2.29. The molecule has 0 aliphatic carbocycles. The molecule has 2 aromatic carbocycles. The van der Waals surface area contributed by atoms with E-state index in [1.54, 1.807) is 19.1 Å². The summed E-state index contributed by atoms with van der Waals surface area (Å²) in [5.41, 5.74) is 2.30. The second-order valence-corrected chi connectivity index (χ2v) is 5.91. The molecule has 3 rings (SSSR count). The normalized spacial score (nSPS) is 12.0. The number of amides is 1. The molecule has 0 radical (unpaired) electrons. The van der Waals surface area contributed by atoms with E-state index >= 15 is 0 Å². The number of hydrogen-bond acceptors (Lipinski definition) is 4. The molecule has 1 amide bonds. The van der Waals surface area contributed by atoms with Crippen LogP contribution in [0.5, 0.6) is 0 Å². The van der Waals surface area contributed by atoms with Crippen molar-refractivity contribution in [2.75, 3.05) is 0 Å². The number of nitrogens with zero attached hydrogens (tertiary/aromatic N) is 2. The first-order valence-electron chi connectivity index (χ1n) is 7.50. The van der Waals surface area contributed by atoms with Gasteiger partial charge in [-0.1, -0.05) is 46.6 Å². The smallest absolute Gasteiger partial charge is 0.251 e. The van der Waals surface area contributed by atoms with Crippen molar-refractivity contribution in [3.8, 4) is 11.4 Å². The summed E-state index contributed by atoms with van der Waals surface area (Å²) in [6.45, 7) is 3.73. The minimum atomic E-state index is -0.415. The largest absolute Gasteiger partial charge is 0.341 e. The van der Waals surface area contributed by atoms with Gasteiger partial charge in [-0.25, -0.2) is 0 Å². The van der Waals surface area contributed by atoms with E-state index in [9.17, 15) is 4.79 Å². The van der Waals surface area contributed by atoms with Crippen LogP contribution in [0.2, 0.25) is 5.02 Å². The van der Waals surface area contributed by atoms with E-state index < -0.39 is 6.04 Å². The minimum absolute atomic E-state index is 0.191. The molecule has 0 bridgehead atoms. The maximum absolute atomic E-state index is 12.3. The zero-order valence-electron chi connectivity index (χ0n) is 13.3. The Balaban J connectivity index is 1.75. The number of carbonyl (C=O) groups excluding carboxylic acids is 1. The van der Waals surface area contributed by atoms with Crippen LogP contribution in [-0.4, -0.2) is 16.0 Å². The van der Waals surface area contributed by atoms with Crippen LogP contribution >= 0.6 is 11.6 Å². The van der Waals surface area contributed by atoms with E-state index in [0.29, 0.717) is 27.9 Å². The van der Waals surface area contributed by atoms with Crippen molar-refractivity contribution < 1.29 is 9.32 Å². The zero-order chi connectivity index (χ0) is 17.1. The van der Waals surface area contributed by atoms with E-state index in [2.05, 4.69) is 15.5 Å². The van der Waals surface area contributed by atoms with Crippen molar-refractivity contribution in [1.29, 1.82) is 0 Å². The van der Waals surface area contributed by atoms with Gasteiger partial charge in [-0.3, -0.25) is 4.79 Å². The van der Waals surface area contributed by atoms with Crippen LogP contribution in [0.15, 0.2) is 53.1 Å². The monoisotopic (exact) mass is 341 g/mol. The minimum Gasteiger partial charge on any atom is -0.341 e. The third-order valence-corrected chi connectivity index (χ3v) is 3.88. The van der Waals surface area contributed by atoms with E-state index in [-0.39, 0.29) is 5.91 Å². The number of hydrogen-bond donors (Lipinski definition) is 1. The van der Waals surface area contributed by atoms with Gasteiger partial charge in [-0.15, -0.1) is 0 Å². The van der Waals surface area contributed by atoms with Crippen molar-refractivity contribution in [1.82, 2.24) is 15.5 Å². The SMILES string of the molecule is Cc1cccc(C(=O)N[C@@H](C)c2nc(-c3ccccc3Cl)no2)c1. The molecule has 3 aromatic rings. The van der Waals surface area contributed by atoms with Crippen LogP contribution in [0.4, 0.5) is 0 Å². The number of aryl methyl sites for hydroxylation is 1. The summed E-state index contributed by atoms with van der Waals surface area (Å²) in [5, 5.41) is 7.33. The van der Waals surface area contributed by atoms with E-state index in [0.717, 1.165) is 5.56 Å². The fourth-order valence-corrected chi connectivity index (χ4v) is 2.51. The Morgan fingerprint density at radius 1 is 1.21 bits per heavy atom. The second-order valence-electron chi connectivity index (χ2n) is 5.50. The molecule has 1 N–H and O–H groups in total. The molecule has 0 fully saturated rings. The Hall–Kier alpha value is -2.66. The van der Waals surface area contributed by atoms with Crippen molar-refractivity contribution in [3.05, 3.63) is 70.6 Å². The molecule has 0 saturated heterocycles. The molecule has 1 heterocycles. The lowest BCUT2D eigenvalue weighted by atomic mass is 10.1. The summed E-state index contributed by atoms with van der Waals surface area (Å²) in [6.07, 6.45) is 0. The predicted molar refractivity (Wildman–Crippen MR) is 91.8 cm³/mol. The highest BCUT2D eigenvalue weighted by atomic mass is 35.5. The van der Waals surface area contributed by atoms with Crippen LogP contribution in [-0.2, 0) is 0 Å². The van der Waals surface area contributed by atoms with Gasteiger partial charge >= 0.3 is 0 Å². The molecular weight excluding hydrogens is 326 g/mol. The highest BCUT2D eigenvalue weighted by Crippen LogP contribution is 2.26. The van der Waals surface area contributed by atoms with Crippen LogP contribution in [0.3, 0.4) is 0 Å². The van der Waals surface area contributed by atoms with E-state index in [1.165, 1.54) is 0 Å². The Kier molecular flexibility index (Phi) is 4.62. The number of rotatable bonds is 4. The number of carbonyl (C=O) groups is 1. The molecule has 5 nitrogen and oxygen atoms in total. The second kappa shape index (κ2) is 6.84. The first-order valence-corrected chi connectivity index (χ1v) is 7.88. The maximum Gasteiger partial charge on any atom is 0.251 e. The van der Waals surface area contributed by atoms with Gasteiger partial charge in [0, 0.05) is 11.1 Å². The molecule has 0 saturated carbocycles. The van der Waals surface area contributed by atoms with Gasteiger partial charge in [0.25, 0.3) is 5.91 Å². The van der Waals surface area contributed by atoms with E-state index in [4.69, 9.17) is 16.1 Å². The van der Waals surface area contributed by atoms with Crippen molar-refractivity contribution in [2.24, 2.45) is 0 Å². The molecule has 1 atom stereocenters. The van der Waals surface area contributed by atoms with Crippen molar-refractivity contribution >= 4 is 17.5 Å². The number of aromatic nitrogens is 2. The lowest BCUT2D eigenvalue weighted by Crippen LogP contribution is -2.26.